The zero-order valence-electron chi connectivity index (χ0n) is 12.4. The Kier molecular flexibility index (Phi) is 3.42. The minimum atomic E-state index is -1.07. The molecule has 0 bridgehead atoms. The van der Waals surface area contributed by atoms with Gasteiger partial charge in [0.25, 0.3) is 0 Å². The van der Waals surface area contributed by atoms with Crippen LogP contribution in [0.1, 0.15) is 48.1 Å². The molecule has 0 spiro atoms. The molecule has 0 aliphatic rings. The lowest BCUT2D eigenvalue weighted by Gasteiger charge is -2.20. The number of carboxylic acid groups (broad SMARTS) is 1. The van der Waals surface area contributed by atoms with Gasteiger partial charge in [-0.05, 0) is 36.0 Å². The minimum absolute atomic E-state index is 0.00307. The normalized spacial score (nSPS) is 11.7. The Morgan fingerprint density at radius 1 is 1.25 bits per heavy atom. The van der Waals surface area contributed by atoms with Gasteiger partial charge in [-0.3, -0.25) is 0 Å². The molecule has 1 aromatic carbocycles. The van der Waals surface area contributed by atoms with E-state index in [0.29, 0.717) is 11.3 Å². The van der Waals surface area contributed by atoms with Gasteiger partial charge in [0.05, 0.1) is 5.56 Å². The van der Waals surface area contributed by atoms with Gasteiger partial charge in [-0.25, -0.2) is 4.79 Å². The van der Waals surface area contributed by atoms with Gasteiger partial charge in [0.15, 0.2) is 5.69 Å². The maximum Gasteiger partial charge on any atom is 0.358 e. The lowest BCUT2D eigenvalue weighted by molar-refractivity contribution is 0.0686. The molecule has 0 unspecified atom stereocenters. The third kappa shape index (κ3) is 2.46. The average molecular weight is 273 g/mol. The van der Waals surface area contributed by atoms with Gasteiger partial charge in [-0.2, -0.15) is 0 Å². The predicted molar refractivity (Wildman–Crippen MR) is 77.1 cm³/mol. The maximum absolute atomic E-state index is 11.3. The number of aromatic carboxylic acids is 1. The van der Waals surface area contributed by atoms with Gasteiger partial charge in [0.2, 0.25) is 0 Å². The first-order chi connectivity index (χ1) is 9.21. The molecule has 4 nitrogen and oxygen atoms in total. The van der Waals surface area contributed by atoms with Crippen molar-refractivity contribution in [2.45, 2.75) is 40.0 Å². The van der Waals surface area contributed by atoms with Crippen molar-refractivity contribution in [3.05, 3.63) is 40.8 Å². The van der Waals surface area contributed by atoms with E-state index in [1.165, 1.54) is 0 Å². The van der Waals surface area contributed by atoms with Crippen molar-refractivity contribution >= 4 is 5.97 Å². The van der Waals surface area contributed by atoms with Gasteiger partial charge >= 0.3 is 5.97 Å². The molecule has 1 heterocycles. The summed E-state index contributed by atoms with van der Waals surface area (Å²) in [6.07, 6.45) is 0. The van der Waals surface area contributed by atoms with Crippen LogP contribution in [0, 0.1) is 13.8 Å². The monoisotopic (exact) mass is 273 g/mol. The zero-order chi connectivity index (χ0) is 15.1. The van der Waals surface area contributed by atoms with Crippen LogP contribution in [0.15, 0.2) is 22.7 Å². The van der Waals surface area contributed by atoms with Crippen molar-refractivity contribution in [3.63, 3.8) is 0 Å². The standard InChI is InChI=1S/C16H19NO3/c1-9-6-7-11(16(3,4)5)8-12(9)13-10(2)20-17-14(13)15(18)19/h6-8H,1-5H3,(H,18,19). The summed E-state index contributed by atoms with van der Waals surface area (Å²) in [5.41, 5.74) is 3.56. The Labute approximate surface area is 118 Å². The molecule has 0 aliphatic heterocycles. The average Bonchev–Trinajstić information content (AvgIpc) is 2.70. The SMILES string of the molecule is Cc1ccc(C(C)(C)C)cc1-c1c(C(=O)O)noc1C. The summed E-state index contributed by atoms with van der Waals surface area (Å²) in [6, 6.07) is 6.11. The van der Waals surface area contributed by atoms with Gasteiger partial charge in [-0.15, -0.1) is 0 Å². The van der Waals surface area contributed by atoms with E-state index in [1.807, 2.05) is 19.1 Å². The molecule has 106 valence electrons. The lowest BCUT2D eigenvalue weighted by Crippen LogP contribution is -2.11. The van der Waals surface area contributed by atoms with Crippen molar-refractivity contribution in [1.29, 1.82) is 0 Å². The van der Waals surface area contributed by atoms with Crippen LogP contribution in [-0.4, -0.2) is 16.2 Å². The smallest absolute Gasteiger partial charge is 0.358 e. The first-order valence-corrected chi connectivity index (χ1v) is 6.53. The summed E-state index contributed by atoms with van der Waals surface area (Å²) in [4.78, 5) is 11.3. The Morgan fingerprint density at radius 3 is 2.45 bits per heavy atom. The van der Waals surface area contributed by atoms with E-state index in [2.05, 4.69) is 32.0 Å². The summed E-state index contributed by atoms with van der Waals surface area (Å²) < 4.78 is 5.06. The predicted octanol–water partition coefficient (Wildman–Crippen LogP) is 3.95. The Morgan fingerprint density at radius 2 is 1.90 bits per heavy atom. The highest BCUT2D eigenvalue weighted by Crippen LogP contribution is 2.33. The van der Waals surface area contributed by atoms with E-state index in [4.69, 9.17) is 4.52 Å². The van der Waals surface area contributed by atoms with Crippen molar-refractivity contribution in [2.24, 2.45) is 0 Å². The second-order valence-electron chi connectivity index (χ2n) is 6.05. The van der Waals surface area contributed by atoms with Crippen LogP contribution in [0.5, 0.6) is 0 Å². The molecule has 0 amide bonds. The fourth-order valence-electron chi connectivity index (χ4n) is 2.19. The highest BCUT2D eigenvalue weighted by molar-refractivity contribution is 5.95. The first kappa shape index (κ1) is 14.3. The zero-order valence-corrected chi connectivity index (χ0v) is 12.4. The van der Waals surface area contributed by atoms with E-state index in [1.54, 1.807) is 6.92 Å². The Bertz CT molecular complexity index is 663. The van der Waals surface area contributed by atoms with E-state index >= 15 is 0 Å². The third-order valence-electron chi connectivity index (χ3n) is 3.44. The molecule has 0 aliphatic carbocycles. The molecule has 0 saturated carbocycles. The topological polar surface area (TPSA) is 63.3 Å². The Balaban J connectivity index is 2.70. The minimum Gasteiger partial charge on any atom is -0.476 e. The fourth-order valence-corrected chi connectivity index (χ4v) is 2.19. The molecule has 20 heavy (non-hydrogen) atoms. The van der Waals surface area contributed by atoms with Crippen LogP contribution in [0.2, 0.25) is 0 Å². The molecule has 2 aromatic rings. The van der Waals surface area contributed by atoms with Crippen LogP contribution >= 0.6 is 0 Å². The number of nitrogens with zero attached hydrogens (tertiary/aromatic N) is 1. The number of rotatable bonds is 2. The highest BCUT2D eigenvalue weighted by atomic mass is 16.5. The summed E-state index contributed by atoms with van der Waals surface area (Å²) in [7, 11) is 0. The highest BCUT2D eigenvalue weighted by Gasteiger charge is 2.23. The quantitative estimate of drug-likeness (QED) is 0.899. The molecule has 0 radical (unpaired) electrons. The van der Waals surface area contributed by atoms with E-state index < -0.39 is 5.97 Å². The largest absolute Gasteiger partial charge is 0.476 e. The molecule has 1 aromatic heterocycles. The molecule has 2 rings (SSSR count). The molecule has 4 heteroatoms. The summed E-state index contributed by atoms with van der Waals surface area (Å²) in [5.74, 6) is -0.547. The van der Waals surface area contributed by atoms with Gasteiger partial charge in [0.1, 0.15) is 5.76 Å². The number of aryl methyl sites for hydroxylation is 2. The summed E-state index contributed by atoms with van der Waals surface area (Å²) in [6.45, 7) is 10.1. The van der Waals surface area contributed by atoms with E-state index in [0.717, 1.165) is 16.7 Å². The fraction of sp³-hybridized carbons (Fsp3) is 0.375. The summed E-state index contributed by atoms with van der Waals surface area (Å²) in [5, 5.41) is 12.9. The summed E-state index contributed by atoms with van der Waals surface area (Å²) >= 11 is 0. The van der Waals surface area contributed by atoms with Crippen molar-refractivity contribution in [2.75, 3.05) is 0 Å². The second-order valence-corrected chi connectivity index (χ2v) is 6.05. The van der Waals surface area contributed by atoms with Crippen LogP contribution in [0.3, 0.4) is 0 Å². The number of aromatic nitrogens is 1. The van der Waals surface area contributed by atoms with Crippen LogP contribution in [-0.2, 0) is 5.41 Å². The molecule has 0 saturated heterocycles. The molecule has 1 N–H and O–H groups in total. The Hall–Kier alpha value is -2.10. The molecular weight excluding hydrogens is 254 g/mol. The van der Waals surface area contributed by atoms with Gasteiger partial charge in [-0.1, -0.05) is 44.1 Å². The van der Waals surface area contributed by atoms with Gasteiger partial charge < -0.3 is 9.63 Å². The number of carboxylic acids is 1. The molecule has 0 atom stereocenters. The number of hydrogen-bond acceptors (Lipinski definition) is 3. The van der Waals surface area contributed by atoms with Gasteiger partial charge in [0, 0.05) is 0 Å². The number of benzene rings is 1. The number of carbonyl (C=O) groups is 1. The van der Waals surface area contributed by atoms with Crippen LogP contribution in [0.4, 0.5) is 0 Å². The number of hydrogen-bond donors (Lipinski definition) is 1. The second kappa shape index (κ2) is 4.78. The molecular formula is C16H19NO3. The van der Waals surface area contributed by atoms with Crippen LogP contribution < -0.4 is 0 Å². The lowest BCUT2D eigenvalue weighted by atomic mass is 9.84. The molecule has 0 fully saturated rings. The van der Waals surface area contributed by atoms with E-state index in [-0.39, 0.29) is 11.1 Å². The maximum atomic E-state index is 11.3. The van der Waals surface area contributed by atoms with Crippen molar-refractivity contribution in [3.8, 4) is 11.1 Å². The van der Waals surface area contributed by atoms with Crippen LogP contribution in [0.25, 0.3) is 11.1 Å². The van der Waals surface area contributed by atoms with Crippen molar-refractivity contribution < 1.29 is 14.4 Å². The van der Waals surface area contributed by atoms with E-state index in [9.17, 15) is 9.90 Å². The first-order valence-electron chi connectivity index (χ1n) is 6.53. The van der Waals surface area contributed by atoms with Crippen molar-refractivity contribution in [1.82, 2.24) is 5.16 Å². The third-order valence-corrected chi connectivity index (χ3v) is 3.44.